The summed E-state index contributed by atoms with van der Waals surface area (Å²) in [6.45, 7) is 0.428. The van der Waals surface area contributed by atoms with Crippen molar-refractivity contribution in [1.29, 1.82) is 0 Å². The lowest BCUT2D eigenvalue weighted by Gasteiger charge is -2.17. The van der Waals surface area contributed by atoms with Gasteiger partial charge in [0.2, 0.25) is 5.91 Å². The van der Waals surface area contributed by atoms with Crippen LogP contribution in [0.1, 0.15) is 48.0 Å². The van der Waals surface area contributed by atoms with Crippen LogP contribution in [-0.4, -0.2) is 35.3 Å². The van der Waals surface area contributed by atoms with Crippen LogP contribution in [0.3, 0.4) is 0 Å². The molecule has 0 unspecified atom stereocenters. The molecular formula is C22H24N2O4S. The fraction of sp³-hybridized carbons (Fsp3) is 0.409. The Morgan fingerprint density at radius 1 is 1.17 bits per heavy atom. The van der Waals surface area contributed by atoms with E-state index >= 15 is 0 Å². The highest BCUT2D eigenvalue weighted by Gasteiger charge is 2.21. The summed E-state index contributed by atoms with van der Waals surface area (Å²) in [5.74, 6) is 0.379. The lowest BCUT2D eigenvalue weighted by atomic mass is 10.0. The molecule has 7 heteroatoms. The van der Waals surface area contributed by atoms with E-state index < -0.39 is 0 Å². The van der Waals surface area contributed by atoms with Crippen LogP contribution in [-0.2, 0) is 16.0 Å². The van der Waals surface area contributed by atoms with Crippen molar-refractivity contribution in [3.8, 4) is 5.75 Å². The van der Waals surface area contributed by atoms with Crippen LogP contribution < -0.4 is 10.1 Å². The third-order valence-corrected chi connectivity index (χ3v) is 6.48. The van der Waals surface area contributed by atoms with Crippen molar-refractivity contribution in [2.75, 3.05) is 18.5 Å². The van der Waals surface area contributed by atoms with Gasteiger partial charge in [0.1, 0.15) is 24.0 Å². The lowest BCUT2D eigenvalue weighted by molar-refractivity contribution is -0.116. The zero-order chi connectivity index (χ0) is 20.1. The van der Waals surface area contributed by atoms with E-state index in [2.05, 4.69) is 10.3 Å². The number of thioether (sulfide) groups is 1. The number of hydrogen-bond acceptors (Lipinski definition) is 6. The van der Waals surface area contributed by atoms with E-state index in [1.165, 1.54) is 25.7 Å². The van der Waals surface area contributed by atoms with Gasteiger partial charge >= 0.3 is 5.97 Å². The molecule has 29 heavy (non-hydrogen) atoms. The maximum atomic E-state index is 12.5. The molecule has 1 fully saturated rings. The molecule has 1 aliphatic heterocycles. The Labute approximate surface area is 174 Å². The zero-order valence-corrected chi connectivity index (χ0v) is 17.0. The Hall–Kier alpha value is -2.54. The number of fused-ring (bicyclic) bond motifs is 1. The average Bonchev–Trinajstić information content (AvgIpc) is 3.24. The molecule has 0 saturated heterocycles. The third-order valence-electron chi connectivity index (χ3n) is 5.13. The largest absolute Gasteiger partial charge is 0.490 e. The molecule has 2 heterocycles. The van der Waals surface area contributed by atoms with Gasteiger partial charge in [-0.3, -0.25) is 4.79 Å². The molecule has 1 amide bonds. The molecule has 1 aromatic heterocycles. The van der Waals surface area contributed by atoms with E-state index in [1.54, 1.807) is 30.1 Å². The molecule has 0 spiro atoms. The Balaban J connectivity index is 1.28. The maximum absolute atomic E-state index is 12.5. The summed E-state index contributed by atoms with van der Waals surface area (Å²) < 4.78 is 11.1. The maximum Gasteiger partial charge on any atom is 0.341 e. The van der Waals surface area contributed by atoms with Gasteiger partial charge in [-0.15, -0.1) is 11.8 Å². The van der Waals surface area contributed by atoms with Gasteiger partial charge in [0.25, 0.3) is 0 Å². The van der Waals surface area contributed by atoms with Crippen LogP contribution in [0.2, 0.25) is 0 Å². The van der Waals surface area contributed by atoms with Crippen LogP contribution in [0.5, 0.6) is 5.75 Å². The van der Waals surface area contributed by atoms with Crippen LogP contribution in [0.15, 0.2) is 41.6 Å². The predicted octanol–water partition coefficient (Wildman–Crippen LogP) is 4.24. The van der Waals surface area contributed by atoms with Crippen molar-refractivity contribution >= 4 is 29.3 Å². The topological polar surface area (TPSA) is 77.5 Å². The van der Waals surface area contributed by atoms with Crippen molar-refractivity contribution < 1.29 is 19.1 Å². The number of anilines is 1. The fourth-order valence-corrected chi connectivity index (χ4v) is 4.91. The van der Waals surface area contributed by atoms with Gasteiger partial charge in [0, 0.05) is 23.6 Å². The first kappa shape index (κ1) is 19.8. The molecule has 0 atom stereocenters. The minimum atomic E-state index is -0.365. The van der Waals surface area contributed by atoms with E-state index in [1.807, 2.05) is 18.2 Å². The minimum absolute atomic E-state index is 0.0407. The second-order valence-corrected chi connectivity index (χ2v) is 8.52. The Kier molecular flexibility index (Phi) is 6.34. The zero-order valence-electron chi connectivity index (χ0n) is 16.2. The number of aryl methyl sites for hydroxylation is 1. The number of ether oxygens (including phenoxy) is 2. The van der Waals surface area contributed by atoms with E-state index in [0.29, 0.717) is 29.4 Å². The Morgan fingerprint density at radius 2 is 2.03 bits per heavy atom. The van der Waals surface area contributed by atoms with Crippen LogP contribution in [0.4, 0.5) is 5.69 Å². The molecule has 1 aromatic carbocycles. The predicted molar refractivity (Wildman–Crippen MR) is 112 cm³/mol. The number of amides is 1. The first-order valence-electron chi connectivity index (χ1n) is 10.0. The van der Waals surface area contributed by atoms with Gasteiger partial charge in [-0.1, -0.05) is 12.8 Å². The van der Waals surface area contributed by atoms with Crippen LogP contribution >= 0.6 is 11.8 Å². The summed E-state index contributed by atoms with van der Waals surface area (Å²) in [4.78, 5) is 28.3. The van der Waals surface area contributed by atoms with Gasteiger partial charge in [-0.05, 0) is 55.2 Å². The molecule has 4 rings (SSSR count). The highest BCUT2D eigenvalue weighted by atomic mass is 32.2. The van der Waals surface area contributed by atoms with Crippen LogP contribution in [0, 0.1) is 0 Å². The van der Waals surface area contributed by atoms with E-state index in [0.717, 1.165) is 16.3 Å². The minimum Gasteiger partial charge on any atom is -0.490 e. The number of benzene rings is 1. The lowest BCUT2D eigenvalue weighted by Crippen LogP contribution is -2.19. The number of rotatable bonds is 7. The fourth-order valence-electron chi connectivity index (χ4n) is 3.63. The number of esters is 1. The summed E-state index contributed by atoms with van der Waals surface area (Å²) in [6, 6.07) is 9.11. The molecule has 0 radical (unpaired) electrons. The van der Waals surface area contributed by atoms with Gasteiger partial charge in [0.15, 0.2) is 0 Å². The van der Waals surface area contributed by atoms with E-state index in [9.17, 15) is 9.59 Å². The Bertz CT molecular complexity index is 896. The number of pyridine rings is 1. The molecule has 1 N–H and O–H groups in total. The summed E-state index contributed by atoms with van der Waals surface area (Å²) >= 11 is 1.68. The number of carbonyl (C=O) groups is 2. The van der Waals surface area contributed by atoms with Gasteiger partial charge in [-0.25, -0.2) is 9.78 Å². The normalized spacial score (nSPS) is 16.2. The van der Waals surface area contributed by atoms with Gasteiger partial charge in [0.05, 0.1) is 5.56 Å². The van der Waals surface area contributed by atoms with Gasteiger partial charge < -0.3 is 14.8 Å². The number of hydrogen-bond donors (Lipinski definition) is 1. The average molecular weight is 413 g/mol. The molecule has 2 aromatic rings. The second kappa shape index (κ2) is 9.31. The molecule has 152 valence electrons. The summed E-state index contributed by atoms with van der Waals surface area (Å²) in [5.41, 5.74) is 2.42. The van der Waals surface area contributed by atoms with Crippen molar-refractivity contribution in [2.24, 2.45) is 0 Å². The first-order valence-corrected chi connectivity index (χ1v) is 10.9. The number of nitrogens with zero attached hydrogens (tertiary/aromatic N) is 1. The second-order valence-electron chi connectivity index (χ2n) is 7.23. The first-order chi connectivity index (χ1) is 14.2. The number of nitrogens with one attached hydrogen (secondary N) is 1. The summed E-state index contributed by atoms with van der Waals surface area (Å²) in [6.07, 6.45) is 7.75. The smallest absolute Gasteiger partial charge is 0.341 e. The Morgan fingerprint density at radius 3 is 2.90 bits per heavy atom. The van der Waals surface area contributed by atoms with Crippen molar-refractivity contribution in [3.05, 3.63) is 47.7 Å². The summed E-state index contributed by atoms with van der Waals surface area (Å²) in [5, 5.41) is 4.13. The summed E-state index contributed by atoms with van der Waals surface area (Å²) in [7, 11) is 0. The molecular weight excluding hydrogens is 388 g/mol. The standard InChI is InChI=1S/C22H24N2O4S/c25-20-10-7-15-14-16(8-9-19(15)24-20)27-12-13-28-22(26)18-6-3-11-23-21(18)29-17-4-1-2-5-17/h3,6,8-9,11,14,17H,1-2,4-5,7,10,12-13H2,(H,24,25). The quantitative estimate of drug-likeness (QED) is 0.541. The molecule has 1 aliphatic carbocycles. The van der Waals surface area contributed by atoms with Crippen molar-refractivity contribution in [1.82, 2.24) is 4.98 Å². The number of aromatic nitrogens is 1. The highest BCUT2D eigenvalue weighted by molar-refractivity contribution is 7.99. The monoisotopic (exact) mass is 412 g/mol. The highest BCUT2D eigenvalue weighted by Crippen LogP contribution is 2.35. The van der Waals surface area contributed by atoms with E-state index in [4.69, 9.17) is 9.47 Å². The molecule has 2 aliphatic rings. The molecule has 1 saturated carbocycles. The van der Waals surface area contributed by atoms with Crippen molar-refractivity contribution in [3.63, 3.8) is 0 Å². The molecule has 6 nitrogen and oxygen atoms in total. The number of carbonyl (C=O) groups excluding carboxylic acids is 2. The third kappa shape index (κ3) is 5.09. The molecule has 0 bridgehead atoms. The van der Waals surface area contributed by atoms with Gasteiger partial charge in [-0.2, -0.15) is 0 Å². The van der Waals surface area contributed by atoms with Crippen molar-refractivity contribution in [2.45, 2.75) is 48.8 Å². The van der Waals surface area contributed by atoms with E-state index in [-0.39, 0.29) is 25.1 Å². The SMILES string of the molecule is O=C1CCc2cc(OCCOC(=O)c3cccnc3SC3CCCC3)ccc2N1. The van der Waals surface area contributed by atoms with Crippen LogP contribution in [0.25, 0.3) is 0 Å².